The molecule has 1 atom stereocenters. The van der Waals surface area contributed by atoms with Crippen LogP contribution in [0, 0.1) is 5.82 Å². The van der Waals surface area contributed by atoms with E-state index in [1.807, 2.05) is 38.1 Å². The number of sulfone groups is 1. The molecule has 0 radical (unpaired) electrons. The summed E-state index contributed by atoms with van der Waals surface area (Å²) in [6.07, 6.45) is 1.02. The maximum absolute atomic E-state index is 13.2. The highest BCUT2D eigenvalue weighted by atomic mass is 32.2. The van der Waals surface area contributed by atoms with Crippen LogP contribution in [0.3, 0.4) is 0 Å². The Morgan fingerprint density at radius 3 is 2.19 bits per heavy atom. The molecule has 1 N–H and O–H groups in total. The number of carbonyl (C=O) groups excluding carboxylic acids is 1. The molecule has 0 bridgehead atoms. The molecule has 2 rings (SSSR count). The Hall–Kier alpha value is -2.41. The highest BCUT2D eigenvalue weighted by Crippen LogP contribution is 2.30. The fourth-order valence-corrected chi connectivity index (χ4v) is 4.37. The second-order valence-corrected chi connectivity index (χ2v) is 8.66. The van der Waals surface area contributed by atoms with Crippen molar-refractivity contribution in [1.29, 1.82) is 0 Å². The van der Waals surface area contributed by atoms with Gasteiger partial charge < -0.3 is 10.2 Å². The van der Waals surface area contributed by atoms with E-state index >= 15 is 0 Å². The minimum Gasteiger partial charge on any atom is -0.378 e. The number of hydrogen-bond donors (Lipinski definition) is 1. The smallest absolute Gasteiger partial charge is 0.220 e. The first-order valence-corrected chi connectivity index (χ1v) is 10.3. The first-order valence-electron chi connectivity index (χ1n) is 8.79. The lowest BCUT2D eigenvalue weighted by Crippen LogP contribution is -2.31. The van der Waals surface area contributed by atoms with Crippen LogP contribution in [0.5, 0.6) is 0 Å². The summed E-state index contributed by atoms with van der Waals surface area (Å²) in [6.45, 7) is 1.84. The first kappa shape index (κ1) is 20.9. The molecule has 0 heterocycles. The molecule has 0 fully saturated rings. The molecule has 7 heteroatoms. The van der Waals surface area contributed by atoms with Gasteiger partial charge in [0.05, 0.1) is 4.90 Å². The zero-order chi connectivity index (χ0) is 20.0. The van der Waals surface area contributed by atoms with E-state index in [0.717, 1.165) is 17.8 Å². The summed E-state index contributed by atoms with van der Waals surface area (Å²) < 4.78 is 39.5. The van der Waals surface area contributed by atoms with Crippen molar-refractivity contribution in [2.75, 3.05) is 25.5 Å². The van der Waals surface area contributed by atoms with Crippen LogP contribution in [0.1, 0.15) is 30.6 Å². The van der Waals surface area contributed by atoms with Gasteiger partial charge in [0.1, 0.15) is 11.1 Å². The van der Waals surface area contributed by atoms with E-state index < -0.39 is 20.9 Å². The van der Waals surface area contributed by atoms with Crippen molar-refractivity contribution < 1.29 is 17.6 Å². The molecule has 146 valence electrons. The zero-order valence-electron chi connectivity index (χ0n) is 15.8. The molecule has 0 spiro atoms. The van der Waals surface area contributed by atoms with Crippen molar-refractivity contribution in [2.45, 2.75) is 29.9 Å². The van der Waals surface area contributed by atoms with Crippen molar-refractivity contribution in [3.05, 3.63) is 59.9 Å². The Bertz CT molecular complexity index is 863. The summed E-state index contributed by atoms with van der Waals surface area (Å²) in [4.78, 5) is 13.8. The van der Waals surface area contributed by atoms with Crippen LogP contribution in [0.4, 0.5) is 10.1 Å². The van der Waals surface area contributed by atoms with Gasteiger partial charge in [0.25, 0.3) is 0 Å². The fraction of sp³-hybridized carbons (Fsp3) is 0.350. The van der Waals surface area contributed by atoms with Crippen molar-refractivity contribution in [3.63, 3.8) is 0 Å². The van der Waals surface area contributed by atoms with Gasteiger partial charge in [0.15, 0.2) is 9.84 Å². The monoisotopic (exact) mass is 392 g/mol. The average molecular weight is 392 g/mol. The average Bonchev–Trinajstić information content (AvgIpc) is 2.62. The molecule has 0 saturated heterocycles. The van der Waals surface area contributed by atoms with Gasteiger partial charge in [-0.3, -0.25) is 4.79 Å². The third kappa shape index (κ3) is 5.29. The molecule has 2 aromatic carbocycles. The third-order valence-corrected chi connectivity index (χ3v) is 6.38. The maximum Gasteiger partial charge on any atom is 0.220 e. The molecule has 5 nitrogen and oxygen atoms in total. The number of carbonyl (C=O) groups is 1. The van der Waals surface area contributed by atoms with Crippen LogP contribution >= 0.6 is 0 Å². The summed E-state index contributed by atoms with van der Waals surface area (Å²) in [5, 5.41) is 1.75. The summed E-state index contributed by atoms with van der Waals surface area (Å²) >= 11 is 0. The fourth-order valence-electron chi connectivity index (χ4n) is 2.70. The van der Waals surface area contributed by atoms with Crippen LogP contribution in [-0.2, 0) is 14.6 Å². The van der Waals surface area contributed by atoms with Gasteiger partial charge in [0.2, 0.25) is 5.91 Å². The maximum atomic E-state index is 13.2. The number of benzene rings is 2. The molecule has 0 aromatic heterocycles. The molecular weight excluding hydrogens is 367 g/mol. The SMILES string of the molecule is CCCC(=O)NC[C@@H](c1ccc(N(C)C)cc1)S(=O)(=O)c1ccc(F)cc1. The minimum absolute atomic E-state index is 0.0235. The topological polar surface area (TPSA) is 66.5 Å². The zero-order valence-corrected chi connectivity index (χ0v) is 16.6. The Morgan fingerprint density at radius 2 is 1.67 bits per heavy atom. The van der Waals surface area contributed by atoms with Crippen molar-refractivity contribution in [2.24, 2.45) is 0 Å². The molecule has 0 aliphatic heterocycles. The Morgan fingerprint density at radius 1 is 1.07 bits per heavy atom. The highest BCUT2D eigenvalue weighted by Gasteiger charge is 2.29. The largest absolute Gasteiger partial charge is 0.378 e. The number of nitrogens with zero attached hydrogens (tertiary/aromatic N) is 1. The third-order valence-electron chi connectivity index (χ3n) is 4.26. The second kappa shape index (κ2) is 8.99. The molecule has 0 unspecified atom stereocenters. The summed E-state index contributed by atoms with van der Waals surface area (Å²) in [6, 6.07) is 11.9. The molecule has 0 saturated carbocycles. The first-order chi connectivity index (χ1) is 12.8. The number of hydrogen-bond acceptors (Lipinski definition) is 4. The van der Waals surface area contributed by atoms with Crippen LogP contribution in [0.25, 0.3) is 0 Å². The molecular formula is C20H25FN2O3S. The molecule has 27 heavy (non-hydrogen) atoms. The number of nitrogens with one attached hydrogen (secondary N) is 1. The second-order valence-electron chi connectivity index (χ2n) is 6.53. The lowest BCUT2D eigenvalue weighted by molar-refractivity contribution is -0.121. The number of anilines is 1. The van der Waals surface area contributed by atoms with Gasteiger partial charge in [-0.15, -0.1) is 0 Å². The van der Waals surface area contributed by atoms with Gasteiger partial charge >= 0.3 is 0 Å². The van der Waals surface area contributed by atoms with Crippen LogP contribution in [0.2, 0.25) is 0 Å². The Labute approximate surface area is 160 Å². The van der Waals surface area contributed by atoms with E-state index in [0.29, 0.717) is 18.4 Å². The van der Waals surface area contributed by atoms with E-state index in [-0.39, 0.29) is 17.3 Å². The standard InChI is InChI=1S/C20H25FN2O3S/c1-4-5-20(24)22-14-19(15-6-10-17(11-7-15)23(2)3)27(25,26)18-12-8-16(21)9-13-18/h6-13,19H,4-5,14H2,1-3H3,(H,22,24)/t19-/m0/s1. The molecule has 0 aliphatic carbocycles. The molecule has 2 aromatic rings. The normalized spacial score (nSPS) is 12.4. The van der Waals surface area contributed by atoms with E-state index in [1.165, 1.54) is 12.1 Å². The minimum atomic E-state index is -3.81. The summed E-state index contributed by atoms with van der Waals surface area (Å²) in [5.74, 6) is -0.696. The highest BCUT2D eigenvalue weighted by molar-refractivity contribution is 7.91. The predicted octanol–water partition coefficient (Wildman–Crippen LogP) is 3.32. The van der Waals surface area contributed by atoms with E-state index in [2.05, 4.69) is 5.32 Å². The lowest BCUT2D eigenvalue weighted by Gasteiger charge is -2.20. The number of amides is 1. The lowest BCUT2D eigenvalue weighted by atomic mass is 10.1. The van der Waals surface area contributed by atoms with Gasteiger partial charge in [-0.05, 0) is 48.4 Å². The van der Waals surface area contributed by atoms with Crippen LogP contribution in [0.15, 0.2) is 53.4 Å². The van der Waals surface area contributed by atoms with Crippen LogP contribution in [-0.4, -0.2) is 35.0 Å². The summed E-state index contributed by atoms with van der Waals surface area (Å²) in [7, 11) is -0.0185. The van der Waals surface area contributed by atoms with Gasteiger partial charge in [-0.2, -0.15) is 0 Å². The predicted molar refractivity (Wildman–Crippen MR) is 105 cm³/mol. The quantitative estimate of drug-likeness (QED) is 0.700. The van der Waals surface area contributed by atoms with Crippen molar-refractivity contribution in [1.82, 2.24) is 5.32 Å². The van der Waals surface area contributed by atoms with Crippen molar-refractivity contribution >= 4 is 21.4 Å². The number of halogens is 1. The van der Waals surface area contributed by atoms with Crippen molar-refractivity contribution in [3.8, 4) is 0 Å². The van der Waals surface area contributed by atoms with Crippen LogP contribution < -0.4 is 10.2 Å². The molecule has 0 aliphatic rings. The van der Waals surface area contributed by atoms with Gasteiger partial charge in [-0.25, -0.2) is 12.8 Å². The summed E-state index contributed by atoms with van der Waals surface area (Å²) in [5.41, 5.74) is 1.51. The number of rotatable bonds is 8. The van der Waals surface area contributed by atoms with Gasteiger partial charge in [0, 0.05) is 32.7 Å². The van der Waals surface area contributed by atoms with E-state index in [4.69, 9.17) is 0 Å². The van der Waals surface area contributed by atoms with E-state index in [9.17, 15) is 17.6 Å². The van der Waals surface area contributed by atoms with Gasteiger partial charge in [-0.1, -0.05) is 19.1 Å². The Balaban J connectivity index is 2.39. The molecule has 1 amide bonds. The van der Waals surface area contributed by atoms with E-state index in [1.54, 1.807) is 12.1 Å². The Kier molecular flexibility index (Phi) is 6.96.